The van der Waals surface area contributed by atoms with Gasteiger partial charge in [0.1, 0.15) is 0 Å². The molecular formula is C14H21NO2. The molecule has 0 aliphatic rings. The summed E-state index contributed by atoms with van der Waals surface area (Å²) in [5, 5.41) is 0. The molecule has 1 aromatic carbocycles. The SMILES string of the molecule is CCN(CC)Cc1ccc(CC(=O)OC)cc1. The molecule has 0 aliphatic heterocycles. The average molecular weight is 235 g/mol. The zero-order valence-corrected chi connectivity index (χ0v) is 10.9. The number of hydrogen-bond acceptors (Lipinski definition) is 3. The van der Waals surface area contributed by atoms with E-state index in [0.29, 0.717) is 6.42 Å². The van der Waals surface area contributed by atoms with Crippen molar-refractivity contribution in [1.82, 2.24) is 4.90 Å². The Labute approximate surface area is 103 Å². The van der Waals surface area contributed by atoms with E-state index in [1.165, 1.54) is 12.7 Å². The summed E-state index contributed by atoms with van der Waals surface area (Å²) in [5.41, 5.74) is 2.28. The molecule has 0 fully saturated rings. The smallest absolute Gasteiger partial charge is 0.309 e. The molecule has 0 saturated heterocycles. The van der Waals surface area contributed by atoms with Crippen LogP contribution in [0, 0.1) is 0 Å². The van der Waals surface area contributed by atoms with E-state index in [1.54, 1.807) is 0 Å². The van der Waals surface area contributed by atoms with Gasteiger partial charge in [-0.25, -0.2) is 0 Å². The van der Waals surface area contributed by atoms with Gasteiger partial charge in [0.05, 0.1) is 13.5 Å². The molecule has 0 heterocycles. The second-order valence-electron chi connectivity index (χ2n) is 4.03. The van der Waals surface area contributed by atoms with Crippen molar-refractivity contribution in [1.29, 1.82) is 0 Å². The second kappa shape index (κ2) is 7.07. The lowest BCUT2D eigenvalue weighted by Gasteiger charge is -2.17. The van der Waals surface area contributed by atoms with Crippen molar-refractivity contribution in [3.05, 3.63) is 35.4 Å². The Morgan fingerprint density at radius 1 is 1.12 bits per heavy atom. The Hall–Kier alpha value is -1.35. The second-order valence-corrected chi connectivity index (χ2v) is 4.03. The number of rotatable bonds is 6. The van der Waals surface area contributed by atoms with Crippen LogP contribution in [0.5, 0.6) is 0 Å². The number of methoxy groups -OCH3 is 1. The number of benzene rings is 1. The Balaban J connectivity index is 2.58. The monoisotopic (exact) mass is 235 g/mol. The summed E-state index contributed by atoms with van der Waals surface area (Å²) < 4.78 is 4.64. The Morgan fingerprint density at radius 2 is 1.65 bits per heavy atom. The predicted octanol–water partition coefficient (Wildman–Crippen LogP) is 2.24. The highest BCUT2D eigenvalue weighted by Crippen LogP contribution is 2.08. The molecule has 3 nitrogen and oxygen atoms in total. The molecule has 0 aliphatic carbocycles. The fourth-order valence-corrected chi connectivity index (χ4v) is 1.71. The minimum atomic E-state index is -0.193. The molecule has 94 valence electrons. The first-order chi connectivity index (χ1) is 8.19. The summed E-state index contributed by atoms with van der Waals surface area (Å²) in [6.07, 6.45) is 0.349. The van der Waals surface area contributed by atoms with Crippen molar-refractivity contribution in [2.75, 3.05) is 20.2 Å². The summed E-state index contributed by atoms with van der Waals surface area (Å²) in [4.78, 5) is 13.5. The Kier molecular flexibility index (Phi) is 5.70. The van der Waals surface area contributed by atoms with Gasteiger partial charge in [0, 0.05) is 6.54 Å². The maximum absolute atomic E-state index is 11.1. The normalized spacial score (nSPS) is 10.6. The van der Waals surface area contributed by atoms with E-state index < -0.39 is 0 Å². The first-order valence-corrected chi connectivity index (χ1v) is 6.06. The molecule has 0 saturated carbocycles. The summed E-state index contributed by atoms with van der Waals surface area (Å²) in [7, 11) is 1.41. The van der Waals surface area contributed by atoms with E-state index in [2.05, 4.69) is 35.6 Å². The Bertz CT molecular complexity index is 342. The van der Waals surface area contributed by atoms with Gasteiger partial charge in [0.2, 0.25) is 0 Å². The van der Waals surface area contributed by atoms with Crippen LogP contribution in [0.3, 0.4) is 0 Å². The lowest BCUT2D eigenvalue weighted by Crippen LogP contribution is -2.22. The summed E-state index contributed by atoms with van der Waals surface area (Å²) >= 11 is 0. The van der Waals surface area contributed by atoms with Crippen molar-refractivity contribution in [2.24, 2.45) is 0 Å². The number of ether oxygens (including phenoxy) is 1. The first kappa shape index (κ1) is 13.7. The molecule has 0 bridgehead atoms. The van der Waals surface area contributed by atoms with Crippen molar-refractivity contribution in [3.63, 3.8) is 0 Å². The third-order valence-electron chi connectivity index (χ3n) is 2.90. The quantitative estimate of drug-likeness (QED) is 0.708. The molecule has 0 radical (unpaired) electrons. The zero-order valence-electron chi connectivity index (χ0n) is 10.9. The maximum Gasteiger partial charge on any atom is 0.309 e. The average Bonchev–Trinajstić information content (AvgIpc) is 2.37. The number of esters is 1. The van der Waals surface area contributed by atoms with Crippen LogP contribution < -0.4 is 0 Å². The highest BCUT2D eigenvalue weighted by Gasteiger charge is 2.04. The minimum absolute atomic E-state index is 0.193. The molecule has 0 amide bonds. The van der Waals surface area contributed by atoms with E-state index in [9.17, 15) is 4.79 Å². The van der Waals surface area contributed by atoms with Crippen LogP contribution in [0.15, 0.2) is 24.3 Å². The van der Waals surface area contributed by atoms with E-state index in [-0.39, 0.29) is 5.97 Å². The number of hydrogen-bond donors (Lipinski definition) is 0. The largest absolute Gasteiger partial charge is 0.469 e. The highest BCUT2D eigenvalue weighted by atomic mass is 16.5. The molecule has 0 spiro atoms. The van der Waals surface area contributed by atoms with Gasteiger partial charge >= 0.3 is 5.97 Å². The zero-order chi connectivity index (χ0) is 12.7. The molecule has 1 aromatic rings. The molecule has 0 unspecified atom stereocenters. The van der Waals surface area contributed by atoms with E-state index in [1.807, 2.05) is 12.1 Å². The van der Waals surface area contributed by atoms with Gasteiger partial charge in [-0.05, 0) is 24.2 Å². The van der Waals surface area contributed by atoms with Crippen LogP contribution in [0.25, 0.3) is 0 Å². The van der Waals surface area contributed by atoms with Gasteiger partial charge in [-0.15, -0.1) is 0 Å². The van der Waals surface area contributed by atoms with Crippen molar-refractivity contribution >= 4 is 5.97 Å². The van der Waals surface area contributed by atoms with Crippen LogP contribution in [-0.4, -0.2) is 31.1 Å². The van der Waals surface area contributed by atoms with Crippen LogP contribution in [0.1, 0.15) is 25.0 Å². The van der Waals surface area contributed by atoms with Gasteiger partial charge in [0.15, 0.2) is 0 Å². The van der Waals surface area contributed by atoms with E-state index in [4.69, 9.17) is 0 Å². The van der Waals surface area contributed by atoms with Gasteiger partial charge < -0.3 is 4.74 Å². The molecule has 0 N–H and O–H groups in total. The van der Waals surface area contributed by atoms with E-state index in [0.717, 1.165) is 25.2 Å². The topological polar surface area (TPSA) is 29.5 Å². The van der Waals surface area contributed by atoms with Crippen molar-refractivity contribution in [2.45, 2.75) is 26.8 Å². The predicted molar refractivity (Wildman–Crippen MR) is 68.8 cm³/mol. The summed E-state index contributed by atoms with van der Waals surface area (Å²) in [5.74, 6) is -0.193. The molecule has 3 heteroatoms. The lowest BCUT2D eigenvalue weighted by atomic mass is 10.1. The molecule has 1 rings (SSSR count). The standard InChI is InChI=1S/C14H21NO2/c1-4-15(5-2)11-13-8-6-12(7-9-13)10-14(16)17-3/h6-9H,4-5,10-11H2,1-3H3. The Morgan fingerprint density at radius 3 is 2.12 bits per heavy atom. The van der Waals surface area contributed by atoms with Crippen LogP contribution in [0.4, 0.5) is 0 Å². The molecule has 0 aromatic heterocycles. The lowest BCUT2D eigenvalue weighted by molar-refractivity contribution is -0.139. The van der Waals surface area contributed by atoms with Crippen molar-refractivity contribution in [3.8, 4) is 0 Å². The minimum Gasteiger partial charge on any atom is -0.469 e. The maximum atomic E-state index is 11.1. The van der Waals surface area contributed by atoms with Gasteiger partial charge in [0.25, 0.3) is 0 Å². The third kappa shape index (κ3) is 4.57. The van der Waals surface area contributed by atoms with Crippen LogP contribution >= 0.6 is 0 Å². The fourth-order valence-electron chi connectivity index (χ4n) is 1.71. The molecule has 0 atom stereocenters. The third-order valence-corrected chi connectivity index (χ3v) is 2.90. The number of carbonyl (C=O) groups excluding carboxylic acids is 1. The van der Waals surface area contributed by atoms with Gasteiger partial charge in [-0.2, -0.15) is 0 Å². The molecular weight excluding hydrogens is 214 g/mol. The van der Waals surface area contributed by atoms with Gasteiger partial charge in [-0.3, -0.25) is 9.69 Å². The number of nitrogens with zero attached hydrogens (tertiary/aromatic N) is 1. The van der Waals surface area contributed by atoms with E-state index >= 15 is 0 Å². The molecule has 17 heavy (non-hydrogen) atoms. The van der Waals surface area contributed by atoms with Crippen molar-refractivity contribution < 1.29 is 9.53 Å². The van der Waals surface area contributed by atoms with Crippen LogP contribution in [-0.2, 0) is 22.5 Å². The highest BCUT2D eigenvalue weighted by molar-refractivity contribution is 5.72. The number of carbonyl (C=O) groups is 1. The summed E-state index contributed by atoms with van der Waals surface area (Å²) in [6.45, 7) is 7.40. The van der Waals surface area contributed by atoms with Crippen LogP contribution in [0.2, 0.25) is 0 Å². The first-order valence-electron chi connectivity index (χ1n) is 6.06. The fraction of sp³-hybridized carbons (Fsp3) is 0.500. The summed E-state index contributed by atoms with van der Waals surface area (Å²) in [6, 6.07) is 8.15. The van der Waals surface area contributed by atoms with Gasteiger partial charge in [-0.1, -0.05) is 38.1 Å².